The van der Waals surface area contributed by atoms with Crippen molar-refractivity contribution in [3.8, 4) is 0 Å². The fraction of sp³-hybridized carbons (Fsp3) is 0.929. The summed E-state index contributed by atoms with van der Waals surface area (Å²) in [6.45, 7) is 4.08. The zero-order valence-electron chi connectivity index (χ0n) is 12.2. The number of nitrogens with two attached hydrogens (primary N) is 1. The molecular formula is C14H29ClN2O2. The number of rotatable bonds is 7. The zero-order valence-corrected chi connectivity index (χ0v) is 13.1. The summed E-state index contributed by atoms with van der Waals surface area (Å²) < 4.78 is 5.06. The Kier molecular flexibility index (Phi) is 9.40. The van der Waals surface area contributed by atoms with Gasteiger partial charge in [-0.25, -0.2) is 0 Å². The van der Waals surface area contributed by atoms with Crippen molar-refractivity contribution in [2.45, 2.75) is 45.4 Å². The van der Waals surface area contributed by atoms with Gasteiger partial charge in [0.15, 0.2) is 0 Å². The molecule has 0 heterocycles. The van der Waals surface area contributed by atoms with E-state index in [1.165, 1.54) is 19.3 Å². The first-order valence-corrected chi connectivity index (χ1v) is 7.07. The van der Waals surface area contributed by atoms with Crippen LogP contribution in [0.15, 0.2) is 0 Å². The maximum atomic E-state index is 12.0. The fourth-order valence-electron chi connectivity index (χ4n) is 2.79. The summed E-state index contributed by atoms with van der Waals surface area (Å²) in [5, 5.41) is 3.00. The van der Waals surface area contributed by atoms with Gasteiger partial charge in [-0.3, -0.25) is 4.79 Å². The molecule has 5 heteroatoms. The molecule has 0 aromatic carbocycles. The second-order valence-corrected chi connectivity index (χ2v) is 5.81. The number of amides is 1. The molecule has 0 spiro atoms. The number of hydrogen-bond donors (Lipinski definition) is 2. The molecule has 1 rings (SSSR count). The van der Waals surface area contributed by atoms with Crippen LogP contribution in [-0.2, 0) is 9.53 Å². The first-order chi connectivity index (χ1) is 8.62. The smallest absolute Gasteiger partial charge is 0.220 e. The standard InChI is InChI=1S/C14H28N2O2.ClH/c1-12(10-18-2)9-16-13(17)8-14(11-15)6-4-3-5-7-14;/h12H,3-11,15H2,1-2H3,(H,16,17);1H. The molecule has 114 valence electrons. The van der Waals surface area contributed by atoms with E-state index in [1.807, 2.05) is 0 Å². The van der Waals surface area contributed by atoms with Crippen LogP contribution in [0, 0.1) is 11.3 Å². The van der Waals surface area contributed by atoms with Gasteiger partial charge >= 0.3 is 0 Å². The van der Waals surface area contributed by atoms with E-state index in [4.69, 9.17) is 10.5 Å². The summed E-state index contributed by atoms with van der Waals surface area (Å²) in [5.74, 6) is 0.504. The highest BCUT2D eigenvalue weighted by Crippen LogP contribution is 2.38. The van der Waals surface area contributed by atoms with Crippen molar-refractivity contribution in [2.75, 3.05) is 26.8 Å². The highest BCUT2D eigenvalue weighted by atomic mass is 35.5. The van der Waals surface area contributed by atoms with Crippen molar-refractivity contribution in [3.63, 3.8) is 0 Å². The van der Waals surface area contributed by atoms with Gasteiger partial charge in [-0.05, 0) is 30.7 Å². The molecule has 1 fully saturated rings. The zero-order chi connectivity index (χ0) is 13.4. The molecule has 0 aromatic rings. The van der Waals surface area contributed by atoms with Crippen molar-refractivity contribution < 1.29 is 9.53 Å². The van der Waals surface area contributed by atoms with Crippen LogP contribution < -0.4 is 11.1 Å². The van der Waals surface area contributed by atoms with Gasteiger partial charge in [0.05, 0.1) is 6.61 Å². The van der Waals surface area contributed by atoms with E-state index >= 15 is 0 Å². The Morgan fingerprint density at radius 3 is 2.53 bits per heavy atom. The first kappa shape index (κ1) is 18.7. The van der Waals surface area contributed by atoms with Crippen LogP contribution in [0.1, 0.15) is 45.4 Å². The molecule has 0 saturated heterocycles. The minimum Gasteiger partial charge on any atom is -0.384 e. The number of nitrogens with one attached hydrogen (secondary N) is 1. The molecule has 4 nitrogen and oxygen atoms in total. The highest BCUT2D eigenvalue weighted by molar-refractivity contribution is 5.85. The first-order valence-electron chi connectivity index (χ1n) is 7.07. The SMILES string of the molecule is COCC(C)CNC(=O)CC1(CN)CCCCC1.Cl. The van der Waals surface area contributed by atoms with Gasteiger partial charge in [0, 0.05) is 20.1 Å². The summed E-state index contributed by atoms with van der Waals surface area (Å²) >= 11 is 0. The molecule has 1 unspecified atom stereocenters. The Bertz CT molecular complexity index is 256. The second kappa shape index (κ2) is 9.56. The topological polar surface area (TPSA) is 64.3 Å². The molecule has 1 amide bonds. The van der Waals surface area contributed by atoms with Crippen molar-refractivity contribution >= 4 is 18.3 Å². The predicted octanol–water partition coefficient (Wildman–Crippen LogP) is 2.11. The monoisotopic (exact) mass is 292 g/mol. The quantitative estimate of drug-likeness (QED) is 0.755. The number of ether oxygens (including phenoxy) is 1. The van der Waals surface area contributed by atoms with Gasteiger partial charge in [0.2, 0.25) is 5.91 Å². The minimum atomic E-state index is 0. The van der Waals surface area contributed by atoms with Gasteiger partial charge in [-0.2, -0.15) is 0 Å². The molecule has 0 bridgehead atoms. The summed E-state index contributed by atoms with van der Waals surface area (Å²) in [4.78, 5) is 12.0. The van der Waals surface area contributed by atoms with Crippen molar-refractivity contribution in [1.82, 2.24) is 5.32 Å². The predicted molar refractivity (Wildman–Crippen MR) is 80.5 cm³/mol. The van der Waals surface area contributed by atoms with E-state index in [-0.39, 0.29) is 23.7 Å². The molecule has 1 aliphatic carbocycles. The van der Waals surface area contributed by atoms with Crippen molar-refractivity contribution in [3.05, 3.63) is 0 Å². The fourth-order valence-corrected chi connectivity index (χ4v) is 2.79. The Morgan fingerprint density at radius 1 is 1.37 bits per heavy atom. The largest absolute Gasteiger partial charge is 0.384 e. The summed E-state index contributed by atoms with van der Waals surface area (Å²) in [6, 6.07) is 0. The lowest BCUT2D eigenvalue weighted by Gasteiger charge is -2.35. The molecule has 1 saturated carbocycles. The number of methoxy groups -OCH3 is 1. The lowest BCUT2D eigenvalue weighted by atomic mass is 9.71. The molecule has 0 aliphatic heterocycles. The Hall–Kier alpha value is -0.320. The average Bonchev–Trinajstić information content (AvgIpc) is 2.38. The molecule has 0 radical (unpaired) electrons. The van der Waals surface area contributed by atoms with Crippen LogP contribution in [0.25, 0.3) is 0 Å². The summed E-state index contributed by atoms with van der Waals surface area (Å²) in [6.07, 6.45) is 6.50. The van der Waals surface area contributed by atoms with E-state index in [1.54, 1.807) is 7.11 Å². The third-order valence-electron chi connectivity index (χ3n) is 3.98. The van der Waals surface area contributed by atoms with Crippen LogP contribution in [0.5, 0.6) is 0 Å². The van der Waals surface area contributed by atoms with Gasteiger partial charge in [0.25, 0.3) is 0 Å². The van der Waals surface area contributed by atoms with Gasteiger partial charge in [0.1, 0.15) is 0 Å². The van der Waals surface area contributed by atoms with Gasteiger partial charge < -0.3 is 15.8 Å². The molecule has 1 atom stereocenters. The van der Waals surface area contributed by atoms with E-state index in [0.717, 1.165) is 12.8 Å². The van der Waals surface area contributed by atoms with E-state index in [2.05, 4.69) is 12.2 Å². The van der Waals surface area contributed by atoms with Gasteiger partial charge in [-0.15, -0.1) is 12.4 Å². The Balaban J connectivity index is 0.00000324. The lowest BCUT2D eigenvalue weighted by Crippen LogP contribution is -2.39. The van der Waals surface area contributed by atoms with Crippen LogP contribution in [0.2, 0.25) is 0 Å². The Morgan fingerprint density at radius 2 is 2.00 bits per heavy atom. The van der Waals surface area contributed by atoms with E-state index in [0.29, 0.717) is 32.0 Å². The maximum Gasteiger partial charge on any atom is 0.220 e. The maximum absolute atomic E-state index is 12.0. The molecule has 19 heavy (non-hydrogen) atoms. The van der Waals surface area contributed by atoms with E-state index < -0.39 is 0 Å². The molecule has 0 aromatic heterocycles. The van der Waals surface area contributed by atoms with Crippen LogP contribution in [0.3, 0.4) is 0 Å². The number of hydrogen-bond acceptors (Lipinski definition) is 3. The highest BCUT2D eigenvalue weighted by Gasteiger charge is 2.32. The number of halogens is 1. The normalized spacial score (nSPS) is 19.3. The van der Waals surface area contributed by atoms with E-state index in [9.17, 15) is 4.79 Å². The van der Waals surface area contributed by atoms with Crippen LogP contribution in [-0.4, -0.2) is 32.7 Å². The molecular weight excluding hydrogens is 264 g/mol. The second-order valence-electron chi connectivity index (χ2n) is 5.81. The molecule has 1 aliphatic rings. The average molecular weight is 293 g/mol. The van der Waals surface area contributed by atoms with Crippen molar-refractivity contribution in [1.29, 1.82) is 0 Å². The number of carbonyl (C=O) groups is 1. The van der Waals surface area contributed by atoms with Crippen LogP contribution in [0.4, 0.5) is 0 Å². The third-order valence-corrected chi connectivity index (χ3v) is 3.98. The third kappa shape index (κ3) is 6.59. The minimum absolute atomic E-state index is 0. The van der Waals surface area contributed by atoms with Crippen molar-refractivity contribution in [2.24, 2.45) is 17.1 Å². The number of carbonyl (C=O) groups excluding carboxylic acids is 1. The lowest BCUT2D eigenvalue weighted by molar-refractivity contribution is -0.124. The van der Waals surface area contributed by atoms with Crippen LogP contribution >= 0.6 is 12.4 Å². The Labute approximate surface area is 123 Å². The summed E-state index contributed by atoms with van der Waals surface area (Å²) in [7, 11) is 1.68. The summed E-state index contributed by atoms with van der Waals surface area (Å²) in [5.41, 5.74) is 5.95. The molecule has 3 N–H and O–H groups in total. The van der Waals surface area contributed by atoms with Gasteiger partial charge in [-0.1, -0.05) is 26.2 Å².